The quantitative estimate of drug-likeness (QED) is 0.780. The van der Waals surface area contributed by atoms with Crippen LogP contribution < -0.4 is 0 Å². The molecule has 0 amide bonds. The Labute approximate surface area is 127 Å². The van der Waals surface area contributed by atoms with Crippen molar-refractivity contribution in [3.63, 3.8) is 0 Å². The molecule has 7 heteroatoms. The van der Waals surface area contributed by atoms with E-state index in [2.05, 4.69) is 10.2 Å². The maximum absolute atomic E-state index is 13.9. The molecule has 1 aromatic heterocycles. The number of aliphatic hydroxyl groups excluding tert-OH is 1. The van der Waals surface area contributed by atoms with Crippen LogP contribution >= 0.6 is 0 Å². The summed E-state index contributed by atoms with van der Waals surface area (Å²) in [4.78, 5) is 1.93. The van der Waals surface area contributed by atoms with Crippen LogP contribution in [0.1, 0.15) is 5.56 Å². The van der Waals surface area contributed by atoms with Crippen molar-refractivity contribution in [2.45, 2.75) is 6.54 Å². The standard InChI is InChI=1S/C15H19F2N3O2/c1-22-8-6-20(5-7-21)10-11-9-18-19-15(11)14-12(16)3-2-4-13(14)17/h2-4,9,21H,5-8,10H2,1H3,(H,18,19). The van der Waals surface area contributed by atoms with E-state index in [4.69, 9.17) is 9.84 Å². The first-order valence-electron chi connectivity index (χ1n) is 6.96. The van der Waals surface area contributed by atoms with E-state index in [0.29, 0.717) is 37.5 Å². The molecule has 0 atom stereocenters. The Morgan fingerprint density at radius 3 is 2.64 bits per heavy atom. The van der Waals surface area contributed by atoms with E-state index < -0.39 is 11.6 Å². The van der Waals surface area contributed by atoms with Crippen molar-refractivity contribution in [3.05, 3.63) is 41.6 Å². The predicted molar refractivity (Wildman–Crippen MR) is 78.2 cm³/mol. The molecule has 0 aliphatic heterocycles. The molecule has 0 aliphatic rings. The second-order valence-corrected chi connectivity index (χ2v) is 4.86. The first kappa shape index (κ1) is 16.5. The predicted octanol–water partition coefficient (Wildman–Crippen LogP) is 1.80. The minimum absolute atomic E-state index is 0.00897. The molecule has 120 valence electrons. The van der Waals surface area contributed by atoms with Crippen LogP contribution in [0.2, 0.25) is 0 Å². The number of benzene rings is 1. The van der Waals surface area contributed by atoms with Crippen molar-refractivity contribution in [3.8, 4) is 11.3 Å². The number of nitrogens with one attached hydrogen (secondary N) is 1. The number of aliphatic hydroxyl groups is 1. The molecule has 0 unspecified atom stereocenters. The third-order valence-corrected chi connectivity index (χ3v) is 3.35. The van der Waals surface area contributed by atoms with E-state index in [1.165, 1.54) is 18.2 Å². The van der Waals surface area contributed by atoms with E-state index in [1.54, 1.807) is 13.3 Å². The molecule has 0 saturated carbocycles. The summed E-state index contributed by atoms with van der Waals surface area (Å²) in [5, 5.41) is 15.7. The summed E-state index contributed by atoms with van der Waals surface area (Å²) in [5.74, 6) is -1.29. The van der Waals surface area contributed by atoms with E-state index in [9.17, 15) is 8.78 Å². The van der Waals surface area contributed by atoms with Gasteiger partial charge in [0.1, 0.15) is 11.6 Å². The lowest BCUT2D eigenvalue weighted by Crippen LogP contribution is -2.29. The second kappa shape index (κ2) is 7.98. The van der Waals surface area contributed by atoms with Crippen molar-refractivity contribution < 1.29 is 18.6 Å². The lowest BCUT2D eigenvalue weighted by molar-refractivity contribution is 0.127. The van der Waals surface area contributed by atoms with Crippen molar-refractivity contribution in [2.24, 2.45) is 0 Å². The number of aromatic amines is 1. The fourth-order valence-electron chi connectivity index (χ4n) is 2.26. The average molecular weight is 311 g/mol. The number of aromatic nitrogens is 2. The highest BCUT2D eigenvalue weighted by atomic mass is 19.1. The lowest BCUT2D eigenvalue weighted by Gasteiger charge is -2.20. The van der Waals surface area contributed by atoms with Crippen LogP contribution in [0.5, 0.6) is 0 Å². The summed E-state index contributed by atoms with van der Waals surface area (Å²) in [7, 11) is 1.59. The maximum atomic E-state index is 13.9. The number of H-pyrrole nitrogens is 1. The number of ether oxygens (including phenoxy) is 1. The van der Waals surface area contributed by atoms with Gasteiger partial charge in [-0.3, -0.25) is 10.00 Å². The molecule has 2 rings (SSSR count). The Morgan fingerprint density at radius 1 is 1.27 bits per heavy atom. The number of methoxy groups -OCH3 is 1. The van der Waals surface area contributed by atoms with E-state index >= 15 is 0 Å². The highest BCUT2D eigenvalue weighted by Gasteiger charge is 2.18. The third-order valence-electron chi connectivity index (χ3n) is 3.35. The van der Waals surface area contributed by atoms with Gasteiger partial charge in [0, 0.05) is 32.3 Å². The number of halogens is 2. The molecule has 2 aromatic rings. The normalized spacial score (nSPS) is 11.3. The fraction of sp³-hybridized carbons (Fsp3) is 0.400. The van der Waals surface area contributed by atoms with Gasteiger partial charge in [-0.15, -0.1) is 0 Å². The monoisotopic (exact) mass is 311 g/mol. The number of nitrogens with zero attached hydrogens (tertiary/aromatic N) is 2. The molecule has 0 saturated heterocycles. The maximum Gasteiger partial charge on any atom is 0.135 e. The smallest absolute Gasteiger partial charge is 0.135 e. The Bertz CT molecular complexity index is 584. The Balaban J connectivity index is 2.25. The van der Waals surface area contributed by atoms with Crippen molar-refractivity contribution in [1.29, 1.82) is 0 Å². The van der Waals surface area contributed by atoms with E-state index in [0.717, 1.165) is 0 Å². The van der Waals surface area contributed by atoms with Gasteiger partial charge in [0.2, 0.25) is 0 Å². The zero-order valence-electron chi connectivity index (χ0n) is 12.4. The van der Waals surface area contributed by atoms with Crippen molar-refractivity contribution in [1.82, 2.24) is 15.1 Å². The first-order chi connectivity index (χ1) is 10.7. The Morgan fingerprint density at radius 2 is 2.00 bits per heavy atom. The zero-order chi connectivity index (χ0) is 15.9. The van der Waals surface area contributed by atoms with E-state index in [1.807, 2.05) is 4.90 Å². The lowest BCUT2D eigenvalue weighted by atomic mass is 10.1. The Kier molecular flexibility index (Phi) is 6.00. The van der Waals surface area contributed by atoms with Crippen LogP contribution in [0.3, 0.4) is 0 Å². The molecule has 1 aromatic carbocycles. The molecule has 0 bridgehead atoms. The molecular formula is C15H19F2N3O2. The fourth-order valence-corrected chi connectivity index (χ4v) is 2.26. The van der Waals surface area contributed by atoms with Crippen LogP contribution in [-0.2, 0) is 11.3 Å². The van der Waals surface area contributed by atoms with Gasteiger partial charge in [-0.1, -0.05) is 6.07 Å². The second-order valence-electron chi connectivity index (χ2n) is 4.86. The molecular weight excluding hydrogens is 292 g/mol. The van der Waals surface area contributed by atoms with Gasteiger partial charge >= 0.3 is 0 Å². The largest absolute Gasteiger partial charge is 0.395 e. The summed E-state index contributed by atoms with van der Waals surface area (Å²) >= 11 is 0. The molecule has 2 N–H and O–H groups in total. The molecule has 0 radical (unpaired) electrons. The molecule has 0 spiro atoms. The summed E-state index contributed by atoms with van der Waals surface area (Å²) in [6, 6.07) is 3.74. The minimum Gasteiger partial charge on any atom is -0.395 e. The van der Waals surface area contributed by atoms with E-state index in [-0.39, 0.29) is 12.2 Å². The van der Waals surface area contributed by atoms with Crippen LogP contribution in [0, 0.1) is 11.6 Å². The van der Waals surface area contributed by atoms with Gasteiger partial charge in [-0.25, -0.2) is 8.78 Å². The average Bonchev–Trinajstić information content (AvgIpc) is 2.93. The van der Waals surface area contributed by atoms with Gasteiger partial charge in [0.25, 0.3) is 0 Å². The molecule has 1 heterocycles. The molecule has 0 aliphatic carbocycles. The summed E-state index contributed by atoms with van der Waals surface area (Å²) in [6.45, 7) is 1.94. The van der Waals surface area contributed by atoms with Crippen LogP contribution in [0.4, 0.5) is 8.78 Å². The number of rotatable bonds is 8. The molecule has 0 fully saturated rings. The summed E-state index contributed by atoms with van der Waals surface area (Å²) in [6.07, 6.45) is 1.54. The van der Waals surface area contributed by atoms with Gasteiger partial charge < -0.3 is 9.84 Å². The summed E-state index contributed by atoms with van der Waals surface area (Å²) in [5.41, 5.74) is 0.857. The SMILES string of the molecule is COCCN(CCO)Cc1cn[nH]c1-c1c(F)cccc1F. The number of hydrogen-bond acceptors (Lipinski definition) is 4. The van der Waals surface area contributed by atoms with Gasteiger partial charge in [-0.2, -0.15) is 5.10 Å². The van der Waals surface area contributed by atoms with Crippen molar-refractivity contribution >= 4 is 0 Å². The third kappa shape index (κ3) is 3.88. The minimum atomic E-state index is -0.643. The van der Waals surface area contributed by atoms with Gasteiger partial charge in [0.15, 0.2) is 0 Å². The van der Waals surface area contributed by atoms with Gasteiger partial charge in [0.05, 0.1) is 30.7 Å². The van der Waals surface area contributed by atoms with Crippen LogP contribution in [0.15, 0.2) is 24.4 Å². The topological polar surface area (TPSA) is 61.4 Å². The molecule has 5 nitrogen and oxygen atoms in total. The molecule has 22 heavy (non-hydrogen) atoms. The highest BCUT2D eigenvalue weighted by molar-refractivity contribution is 5.64. The Hall–Kier alpha value is -1.83. The first-order valence-corrected chi connectivity index (χ1v) is 6.96. The highest BCUT2D eigenvalue weighted by Crippen LogP contribution is 2.27. The van der Waals surface area contributed by atoms with Crippen LogP contribution in [0.25, 0.3) is 11.3 Å². The number of hydrogen-bond donors (Lipinski definition) is 2. The zero-order valence-corrected chi connectivity index (χ0v) is 12.4. The summed E-state index contributed by atoms with van der Waals surface area (Å²) < 4.78 is 32.9. The van der Waals surface area contributed by atoms with Crippen molar-refractivity contribution in [2.75, 3.05) is 33.4 Å². The van der Waals surface area contributed by atoms with Crippen LogP contribution in [-0.4, -0.2) is 53.6 Å². The van der Waals surface area contributed by atoms with Gasteiger partial charge in [-0.05, 0) is 12.1 Å².